The van der Waals surface area contributed by atoms with Gasteiger partial charge in [-0.3, -0.25) is 4.79 Å². The predicted octanol–water partition coefficient (Wildman–Crippen LogP) is 2.10. The summed E-state index contributed by atoms with van der Waals surface area (Å²) < 4.78 is 26.3. The van der Waals surface area contributed by atoms with Crippen LogP contribution in [0, 0.1) is 12.8 Å². The number of sulfonamides is 1. The molecule has 0 amide bonds. The first kappa shape index (κ1) is 16.1. The molecule has 0 aliphatic rings. The van der Waals surface area contributed by atoms with Crippen LogP contribution >= 0.6 is 15.9 Å². The number of aliphatic carboxylic acids is 1. The first-order chi connectivity index (χ1) is 8.66. The summed E-state index contributed by atoms with van der Waals surface area (Å²) in [4.78, 5) is 10.9. The van der Waals surface area contributed by atoms with Crippen LogP contribution in [0.1, 0.15) is 12.5 Å². The second-order valence-corrected chi connectivity index (χ2v) is 7.34. The number of aryl methyl sites for hydroxylation is 1. The van der Waals surface area contributed by atoms with Crippen molar-refractivity contribution in [1.29, 1.82) is 0 Å². The molecule has 106 valence electrons. The maximum Gasteiger partial charge on any atom is 0.307 e. The fraction of sp³-hybridized carbons (Fsp3) is 0.417. The third-order valence-corrected chi connectivity index (χ3v) is 5.48. The highest BCUT2D eigenvalue weighted by molar-refractivity contribution is 9.10. The second-order valence-electron chi connectivity index (χ2n) is 4.44. The zero-order chi connectivity index (χ0) is 14.8. The van der Waals surface area contributed by atoms with Crippen molar-refractivity contribution < 1.29 is 18.3 Å². The summed E-state index contributed by atoms with van der Waals surface area (Å²) in [6.45, 7) is 3.26. The van der Waals surface area contributed by atoms with Gasteiger partial charge in [0.1, 0.15) is 0 Å². The van der Waals surface area contributed by atoms with Crippen LogP contribution in [-0.2, 0) is 14.8 Å². The number of benzene rings is 1. The van der Waals surface area contributed by atoms with Gasteiger partial charge < -0.3 is 5.11 Å². The highest BCUT2D eigenvalue weighted by Gasteiger charge is 2.25. The molecule has 19 heavy (non-hydrogen) atoms. The van der Waals surface area contributed by atoms with Crippen molar-refractivity contribution in [3.8, 4) is 0 Å². The van der Waals surface area contributed by atoms with E-state index < -0.39 is 21.9 Å². The van der Waals surface area contributed by atoms with Crippen LogP contribution < -0.4 is 0 Å². The Kier molecular flexibility index (Phi) is 5.11. The SMILES string of the molecule is Cc1ccc(S(=O)(=O)N(C)CC(C)C(=O)O)cc1Br. The molecule has 0 saturated carbocycles. The Hall–Kier alpha value is -0.920. The molecule has 0 spiro atoms. The van der Waals surface area contributed by atoms with Gasteiger partial charge in [-0.05, 0) is 24.6 Å². The van der Waals surface area contributed by atoms with Gasteiger partial charge in [-0.15, -0.1) is 0 Å². The molecule has 0 radical (unpaired) electrons. The van der Waals surface area contributed by atoms with Gasteiger partial charge in [0.25, 0.3) is 0 Å². The van der Waals surface area contributed by atoms with Gasteiger partial charge in [0.2, 0.25) is 10.0 Å². The molecule has 1 aromatic carbocycles. The van der Waals surface area contributed by atoms with Crippen LogP contribution in [0.5, 0.6) is 0 Å². The number of rotatable bonds is 5. The van der Waals surface area contributed by atoms with E-state index in [1.807, 2.05) is 6.92 Å². The monoisotopic (exact) mass is 349 g/mol. The summed E-state index contributed by atoms with van der Waals surface area (Å²) in [6, 6.07) is 4.73. The lowest BCUT2D eigenvalue weighted by Gasteiger charge is -2.19. The lowest BCUT2D eigenvalue weighted by atomic mass is 10.2. The molecule has 0 aliphatic carbocycles. The fourth-order valence-electron chi connectivity index (χ4n) is 1.48. The maximum atomic E-state index is 12.3. The van der Waals surface area contributed by atoms with Crippen molar-refractivity contribution in [3.63, 3.8) is 0 Å². The quantitative estimate of drug-likeness (QED) is 0.883. The lowest BCUT2D eigenvalue weighted by Crippen LogP contribution is -2.33. The molecule has 5 nitrogen and oxygen atoms in total. The van der Waals surface area contributed by atoms with Crippen molar-refractivity contribution in [2.45, 2.75) is 18.7 Å². The summed E-state index contributed by atoms with van der Waals surface area (Å²) >= 11 is 3.28. The minimum absolute atomic E-state index is 0.0663. The van der Waals surface area contributed by atoms with Crippen LogP contribution in [0.4, 0.5) is 0 Å². The van der Waals surface area contributed by atoms with Crippen molar-refractivity contribution in [3.05, 3.63) is 28.2 Å². The third-order valence-electron chi connectivity index (χ3n) is 2.80. The molecule has 0 bridgehead atoms. The zero-order valence-corrected chi connectivity index (χ0v) is 13.3. The van der Waals surface area contributed by atoms with E-state index in [0.717, 1.165) is 9.87 Å². The van der Waals surface area contributed by atoms with E-state index in [2.05, 4.69) is 15.9 Å². The van der Waals surface area contributed by atoms with Gasteiger partial charge in [0.15, 0.2) is 0 Å². The summed E-state index contributed by atoms with van der Waals surface area (Å²) in [5.74, 6) is -1.78. The van der Waals surface area contributed by atoms with E-state index in [1.54, 1.807) is 6.07 Å². The van der Waals surface area contributed by atoms with E-state index in [9.17, 15) is 13.2 Å². The third kappa shape index (κ3) is 3.77. The molecule has 1 rings (SSSR count). The lowest BCUT2D eigenvalue weighted by molar-refractivity contribution is -0.141. The molecule has 1 unspecified atom stereocenters. The Labute approximate surface area is 121 Å². The van der Waals surface area contributed by atoms with Gasteiger partial charge in [-0.25, -0.2) is 12.7 Å². The van der Waals surface area contributed by atoms with Crippen LogP contribution in [0.25, 0.3) is 0 Å². The van der Waals surface area contributed by atoms with Crippen LogP contribution in [0.3, 0.4) is 0 Å². The Morgan fingerprint density at radius 1 is 1.47 bits per heavy atom. The molecule has 1 N–H and O–H groups in total. The average molecular weight is 350 g/mol. The maximum absolute atomic E-state index is 12.3. The summed E-state index contributed by atoms with van der Waals surface area (Å²) in [5, 5.41) is 8.82. The van der Waals surface area contributed by atoms with E-state index in [1.165, 1.54) is 26.1 Å². The molecule has 1 aromatic rings. The topological polar surface area (TPSA) is 74.7 Å². The number of nitrogens with zero attached hydrogens (tertiary/aromatic N) is 1. The number of hydrogen-bond acceptors (Lipinski definition) is 3. The molecule has 0 heterocycles. The first-order valence-electron chi connectivity index (χ1n) is 5.61. The number of halogens is 1. The van der Waals surface area contributed by atoms with Crippen LogP contribution in [0.15, 0.2) is 27.6 Å². The summed E-state index contributed by atoms with van der Waals surface area (Å²) in [6.07, 6.45) is 0. The smallest absolute Gasteiger partial charge is 0.307 e. The first-order valence-corrected chi connectivity index (χ1v) is 7.85. The number of carbonyl (C=O) groups is 1. The van der Waals surface area contributed by atoms with Crippen molar-refractivity contribution in [2.24, 2.45) is 5.92 Å². The van der Waals surface area contributed by atoms with Crippen molar-refractivity contribution >= 4 is 31.9 Å². The molecule has 0 aromatic heterocycles. The second kappa shape index (κ2) is 6.02. The van der Waals surface area contributed by atoms with E-state index >= 15 is 0 Å². The molecule has 0 saturated heterocycles. The minimum Gasteiger partial charge on any atom is -0.481 e. The standard InChI is InChI=1S/C12H16BrNO4S/c1-8-4-5-10(6-11(8)13)19(17,18)14(3)7-9(2)12(15)16/h4-6,9H,7H2,1-3H3,(H,15,16). The molecule has 1 atom stereocenters. The Balaban J connectivity index is 3.03. The van der Waals surface area contributed by atoms with Crippen molar-refractivity contribution in [1.82, 2.24) is 4.31 Å². The Bertz CT molecular complexity index is 585. The fourth-order valence-corrected chi connectivity index (χ4v) is 3.29. The largest absolute Gasteiger partial charge is 0.481 e. The van der Waals surface area contributed by atoms with Gasteiger partial charge >= 0.3 is 5.97 Å². The van der Waals surface area contributed by atoms with E-state index in [-0.39, 0.29) is 11.4 Å². The molecule has 0 fully saturated rings. The zero-order valence-electron chi connectivity index (χ0n) is 10.9. The van der Waals surface area contributed by atoms with Crippen molar-refractivity contribution in [2.75, 3.05) is 13.6 Å². The molecule has 7 heteroatoms. The number of carboxylic acid groups (broad SMARTS) is 1. The summed E-state index contributed by atoms with van der Waals surface area (Å²) in [7, 11) is -2.29. The van der Waals surface area contributed by atoms with Crippen LogP contribution in [0.2, 0.25) is 0 Å². The Morgan fingerprint density at radius 3 is 2.53 bits per heavy atom. The number of hydrogen-bond donors (Lipinski definition) is 1. The average Bonchev–Trinajstić information content (AvgIpc) is 2.32. The van der Waals surface area contributed by atoms with Gasteiger partial charge in [-0.1, -0.05) is 28.9 Å². The Morgan fingerprint density at radius 2 is 2.05 bits per heavy atom. The molecular weight excluding hydrogens is 334 g/mol. The van der Waals surface area contributed by atoms with Gasteiger partial charge in [0.05, 0.1) is 10.8 Å². The predicted molar refractivity (Wildman–Crippen MR) is 75.5 cm³/mol. The van der Waals surface area contributed by atoms with Crippen LogP contribution in [-0.4, -0.2) is 37.4 Å². The molecule has 0 aliphatic heterocycles. The highest BCUT2D eigenvalue weighted by atomic mass is 79.9. The molecular formula is C12H16BrNO4S. The van der Waals surface area contributed by atoms with E-state index in [0.29, 0.717) is 4.47 Å². The van der Waals surface area contributed by atoms with E-state index in [4.69, 9.17) is 5.11 Å². The number of carboxylic acids is 1. The van der Waals surface area contributed by atoms with Gasteiger partial charge in [-0.2, -0.15) is 0 Å². The highest BCUT2D eigenvalue weighted by Crippen LogP contribution is 2.23. The van der Waals surface area contributed by atoms with Gasteiger partial charge in [0, 0.05) is 18.1 Å². The summed E-state index contributed by atoms with van der Waals surface area (Å²) in [5.41, 5.74) is 0.931. The minimum atomic E-state index is -3.67. The normalized spacial score (nSPS) is 13.5.